The van der Waals surface area contributed by atoms with Crippen molar-refractivity contribution < 1.29 is 0 Å². The minimum absolute atomic E-state index is 0.299. The van der Waals surface area contributed by atoms with E-state index in [2.05, 4.69) is 20.2 Å². The Hall–Kier alpha value is -1.16. The Bertz CT molecular complexity index is 379. The molecule has 86 valence electrons. The first-order valence-corrected chi connectivity index (χ1v) is 6.08. The molecular weight excluding hydrogens is 200 g/mol. The van der Waals surface area contributed by atoms with Gasteiger partial charge in [-0.1, -0.05) is 0 Å². The molecule has 1 spiro atoms. The van der Waals surface area contributed by atoms with Crippen molar-refractivity contribution in [3.63, 3.8) is 0 Å². The van der Waals surface area contributed by atoms with E-state index in [4.69, 9.17) is 0 Å². The summed E-state index contributed by atoms with van der Waals surface area (Å²) in [5.74, 6) is 0.918. The van der Waals surface area contributed by atoms with Crippen LogP contribution in [0, 0.1) is 6.92 Å². The Kier molecular flexibility index (Phi) is 2.32. The number of anilines is 1. The highest BCUT2D eigenvalue weighted by atomic mass is 15.3. The van der Waals surface area contributed by atoms with Crippen LogP contribution in [0.1, 0.15) is 25.0 Å². The predicted molar refractivity (Wildman–Crippen MR) is 63.6 cm³/mol. The van der Waals surface area contributed by atoms with Gasteiger partial charge in [-0.2, -0.15) is 0 Å². The molecule has 0 radical (unpaired) electrons. The van der Waals surface area contributed by atoms with Gasteiger partial charge < -0.3 is 10.2 Å². The topological polar surface area (TPSA) is 41.1 Å². The lowest BCUT2D eigenvalue weighted by Crippen LogP contribution is -2.46. The molecule has 4 nitrogen and oxygen atoms in total. The van der Waals surface area contributed by atoms with Crippen molar-refractivity contribution in [1.82, 2.24) is 15.3 Å². The van der Waals surface area contributed by atoms with Crippen LogP contribution in [0.15, 0.2) is 12.3 Å². The summed E-state index contributed by atoms with van der Waals surface area (Å²) in [5.41, 5.74) is 1.35. The number of aryl methyl sites for hydroxylation is 1. The predicted octanol–water partition coefficient (Wildman–Crippen LogP) is 1.12. The van der Waals surface area contributed by atoms with Crippen molar-refractivity contribution in [2.24, 2.45) is 0 Å². The molecule has 0 aromatic carbocycles. The molecule has 1 aromatic rings. The van der Waals surface area contributed by atoms with Gasteiger partial charge in [-0.05, 0) is 38.8 Å². The second kappa shape index (κ2) is 3.70. The molecule has 3 heterocycles. The molecule has 4 heteroatoms. The summed E-state index contributed by atoms with van der Waals surface area (Å²) in [5, 5.41) is 3.47. The monoisotopic (exact) mass is 218 g/mol. The normalized spacial score (nSPS) is 29.2. The molecule has 0 bridgehead atoms. The quantitative estimate of drug-likeness (QED) is 0.767. The van der Waals surface area contributed by atoms with E-state index in [1.165, 1.54) is 19.3 Å². The van der Waals surface area contributed by atoms with E-state index in [1.54, 1.807) is 0 Å². The Morgan fingerprint density at radius 2 is 2.38 bits per heavy atom. The zero-order chi connectivity index (χ0) is 11.0. The van der Waals surface area contributed by atoms with Gasteiger partial charge in [0.25, 0.3) is 0 Å². The fourth-order valence-electron chi connectivity index (χ4n) is 2.99. The molecule has 0 amide bonds. The summed E-state index contributed by atoms with van der Waals surface area (Å²) in [4.78, 5) is 11.4. The molecule has 1 unspecified atom stereocenters. The molecular formula is C12H18N4. The molecule has 3 rings (SSSR count). The van der Waals surface area contributed by atoms with Crippen LogP contribution >= 0.6 is 0 Å². The lowest BCUT2D eigenvalue weighted by atomic mass is 9.95. The number of hydrogen-bond donors (Lipinski definition) is 1. The second-order valence-corrected chi connectivity index (χ2v) is 4.90. The van der Waals surface area contributed by atoms with E-state index < -0.39 is 0 Å². The molecule has 2 fully saturated rings. The van der Waals surface area contributed by atoms with E-state index in [1.807, 2.05) is 19.2 Å². The number of nitrogens with zero attached hydrogens (tertiary/aromatic N) is 3. The molecule has 2 aliphatic heterocycles. The Balaban J connectivity index is 1.94. The van der Waals surface area contributed by atoms with Gasteiger partial charge in [0.05, 0.1) is 5.54 Å². The maximum Gasteiger partial charge on any atom is 0.226 e. The Labute approximate surface area is 96.1 Å². The van der Waals surface area contributed by atoms with Crippen LogP contribution in [0.2, 0.25) is 0 Å². The summed E-state index contributed by atoms with van der Waals surface area (Å²) < 4.78 is 0. The van der Waals surface area contributed by atoms with Crippen molar-refractivity contribution in [3.05, 3.63) is 18.0 Å². The van der Waals surface area contributed by atoms with Crippen molar-refractivity contribution >= 4 is 5.95 Å². The second-order valence-electron chi connectivity index (χ2n) is 4.90. The van der Waals surface area contributed by atoms with Gasteiger partial charge in [0.15, 0.2) is 0 Å². The summed E-state index contributed by atoms with van der Waals surface area (Å²) in [6.45, 7) is 5.35. The van der Waals surface area contributed by atoms with E-state index >= 15 is 0 Å². The van der Waals surface area contributed by atoms with E-state index in [0.29, 0.717) is 5.54 Å². The van der Waals surface area contributed by atoms with Gasteiger partial charge in [0.1, 0.15) is 0 Å². The Morgan fingerprint density at radius 1 is 1.44 bits per heavy atom. The fourth-order valence-corrected chi connectivity index (χ4v) is 2.99. The summed E-state index contributed by atoms with van der Waals surface area (Å²) in [7, 11) is 0. The number of nitrogens with one attached hydrogen (secondary N) is 1. The maximum atomic E-state index is 4.56. The molecule has 1 atom stereocenters. The standard InChI is InChI=1S/C12H18N4/c1-10-3-6-14-11(15-10)16-8-2-4-12(16)5-7-13-9-12/h3,6,13H,2,4-5,7-9H2,1H3. The Morgan fingerprint density at radius 3 is 3.12 bits per heavy atom. The van der Waals surface area contributed by atoms with Gasteiger partial charge in [0, 0.05) is 25.0 Å². The van der Waals surface area contributed by atoms with Crippen molar-refractivity contribution in [2.45, 2.75) is 31.7 Å². The van der Waals surface area contributed by atoms with Crippen LogP contribution in [-0.2, 0) is 0 Å². The molecule has 1 aromatic heterocycles. The average Bonchev–Trinajstić information content (AvgIpc) is 2.90. The molecule has 0 aliphatic carbocycles. The van der Waals surface area contributed by atoms with Gasteiger partial charge in [-0.25, -0.2) is 9.97 Å². The van der Waals surface area contributed by atoms with Crippen LogP contribution in [0.3, 0.4) is 0 Å². The van der Waals surface area contributed by atoms with Crippen LogP contribution in [0.25, 0.3) is 0 Å². The molecule has 0 saturated carbocycles. The van der Waals surface area contributed by atoms with Crippen molar-refractivity contribution in [3.8, 4) is 0 Å². The highest BCUT2D eigenvalue weighted by molar-refractivity contribution is 5.38. The minimum atomic E-state index is 0.299. The summed E-state index contributed by atoms with van der Waals surface area (Å²) in [6, 6.07) is 1.96. The lowest BCUT2D eigenvalue weighted by molar-refractivity contribution is 0.460. The van der Waals surface area contributed by atoms with Crippen LogP contribution in [0.4, 0.5) is 5.95 Å². The first-order chi connectivity index (χ1) is 7.80. The highest BCUT2D eigenvalue weighted by Gasteiger charge is 2.44. The van der Waals surface area contributed by atoms with Gasteiger partial charge in [-0.15, -0.1) is 0 Å². The third-order valence-corrected chi connectivity index (χ3v) is 3.84. The summed E-state index contributed by atoms with van der Waals surface area (Å²) >= 11 is 0. The van der Waals surface area contributed by atoms with E-state index in [-0.39, 0.29) is 0 Å². The molecule has 2 saturated heterocycles. The van der Waals surface area contributed by atoms with Gasteiger partial charge in [0.2, 0.25) is 5.95 Å². The largest absolute Gasteiger partial charge is 0.334 e. The zero-order valence-electron chi connectivity index (χ0n) is 9.74. The lowest BCUT2D eigenvalue weighted by Gasteiger charge is -2.34. The van der Waals surface area contributed by atoms with Crippen LogP contribution in [0.5, 0.6) is 0 Å². The summed E-state index contributed by atoms with van der Waals surface area (Å²) in [6.07, 6.45) is 5.63. The smallest absolute Gasteiger partial charge is 0.226 e. The minimum Gasteiger partial charge on any atom is -0.334 e. The number of aromatic nitrogens is 2. The molecule has 1 N–H and O–H groups in total. The van der Waals surface area contributed by atoms with Gasteiger partial charge in [-0.3, -0.25) is 0 Å². The van der Waals surface area contributed by atoms with E-state index in [9.17, 15) is 0 Å². The first kappa shape index (κ1) is 10.0. The van der Waals surface area contributed by atoms with Gasteiger partial charge >= 0.3 is 0 Å². The molecule has 2 aliphatic rings. The maximum absolute atomic E-state index is 4.56. The van der Waals surface area contributed by atoms with Crippen LogP contribution < -0.4 is 10.2 Å². The zero-order valence-corrected chi connectivity index (χ0v) is 9.74. The third-order valence-electron chi connectivity index (χ3n) is 3.84. The van der Waals surface area contributed by atoms with Crippen LogP contribution in [-0.4, -0.2) is 35.1 Å². The highest BCUT2D eigenvalue weighted by Crippen LogP contribution is 2.36. The molecule has 16 heavy (non-hydrogen) atoms. The third kappa shape index (κ3) is 1.48. The fraction of sp³-hybridized carbons (Fsp3) is 0.667. The van der Waals surface area contributed by atoms with Crippen molar-refractivity contribution in [2.75, 3.05) is 24.5 Å². The van der Waals surface area contributed by atoms with Crippen molar-refractivity contribution in [1.29, 1.82) is 0 Å². The number of rotatable bonds is 1. The number of hydrogen-bond acceptors (Lipinski definition) is 4. The first-order valence-electron chi connectivity index (χ1n) is 6.08. The average molecular weight is 218 g/mol. The SMILES string of the molecule is Cc1ccnc(N2CCCC23CCNC3)n1. The van der Waals surface area contributed by atoms with E-state index in [0.717, 1.165) is 31.3 Å².